The second kappa shape index (κ2) is 8.05. The molecule has 1 atom stereocenters. The Morgan fingerprint density at radius 3 is 2.46 bits per heavy atom. The monoisotopic (exact) mass is 398 g/mol. The minimum atomic E-state index is -3.05. The summed E-state index contributed by atoms with van der Waals surface area (Å²) in [6.07, 6.45) is 1.48. The van der Waals surface area contributed by atoms with Crippen molar-refractivity contribution >= 4 is 15.7 Å². The van der Waals surface area contributed by atoms with Crippen LogP contribution in [-0.4, -0.2) is 54.8 Å². The summed E-state index contributed by atoms with van der Waals surface area (Å²) in [6, 6.07) is 18.0. The molecule has 0 N–H and O–H groups in total. The Kier molecular flexibility index (Phi) is 5.51. The molecular formula is C22H26N2O3S. The zero-order chi connectivity index (χ0) is 19.6. The van der Waals surface area contributed by atoms with Crippen molar-refractivity contribution in [2.75, 3.05) is 24.6 Å². The van der Waals surface area contributed by atoms with E-state index >= 15 is 0 Å². The fourth-order valence-electron chi connectivity index (χ4n) is 4.19. The standard InChI is InChI=1S/C22H26N2O3S/c25-22(16-23-12-10-19-8-4-5-9-20(19)15-23)24(14-18-6-2-1-3-7-18)21-11-13-28(26,27)17-21/h1-9,21H,10-17H2/t21-/m0/s1. The van der Waals surface area contributed by atoms with Crippen LogP contribution in [0.15, 0.2) is 54.6 Å². The Labute approximate surface area is 166 Å². The summed E-state index contributed by atoms with van der Waals surface area (Å²) < 4.78 is 24.0. The number of amides is 1. The summed E-state index contributed by atoms with van der Waals surface area (Å²) in [5, 5.41) is 0. The normalized spacial score (nSPS) is 21.2. The smallest absolute Gasteiger partial charge is 0.237 e. The minimum absolute atomic E-state index is 0.0188. The van der Waals surface area contributed by atoms with Crippen LogP contribution >= 0.6 is 0 Å². The van der Waals surface area contributed by atoms with Crippen molar-refractivity contribution < 1.29 is 13.2 Å². The van der Waals surface area contributed by atoms with Gasteiger partial charge in [0.1, 0.15) is 0 Å². The Morgan fingerprint density at radius 1 is 1.04 bits per heavy atom. The summed E-state index contributed by atoms with van der Waals surface area (Å²) in [5.41, 5.74) is 3.66. The van der Waals surface area contributed by atoms with E-state index in [1.54, 1.807) is 4.90 Å². The van der Waals surface area contributed by atoms with Crippen molar-refractivity contribution in [3.8, 4) is 0 Å². The van der Waals surface area contributed by atoms with E-state index in [0.717, 1.165) is 25.1 Å². The first kappa shape index (κ1) is 19.2. The van der Waals surface area contributed by atoms with Gasteiger partial charge in [-0.3, -0.25) is 9.69 Å². The van der Waals surface area contributed by atoms with Crippen molar-refractivity contribution in [3.63, 3.8) is 0 Å². The molecule has 1 fully saturated rings. The maximum Gasteiger partial charge on any atom is 0.237 e. The van der Waals surface area contributed by atoms with E-state index in [1.165, 1.54) is 11.1 Å². The Morgan fingerprint density at radius 2 is 1.75 bits per heavy atom. The molecule has 0 bridgehead atoms. The quantitative estimate of drug-likeness (QED) is 0.775. The number of fused-ring (bicyclic) bond motifs is 1. The molecule has 0 saturated carbocycles. The number of benzene rings is 2. The minimum Gasteiger partial charge on any atom is -0.333 e. The van der Waals surface area contributed by atoms with Gasteiger partial charge >= 0.3 is 0 Å². The summed E-state index contributed by atoms with van der Waals surface area (Å²) in [6.45, 7) is 2.41. The van der Waals surface area contributed by atoms with Gasteiger partial charge in [-0.05, 0) is 29.5 Å². The lowest BCUT2D eigenvalue weighted by molar-refractivity contribution is -0.135. The average Bonchev–Trinajstić information content (AvgIpc) is 3.06. The van der Waals surface area contributed by atoms with Crippen LogP contribution in [0.5, 0.6) is 0 Å². The number of nitrogens with zero attached hydrogens (tertiary/aromatic N) is 2. The molecule has 2 heterocycles. The van der Waals surface area contributed by atoms with Crippen LogP contribution in [0.1, 0.15) is 23.1 Å². The number of hydrogen-bond donors (Lipinski definition) is 0. The highest BCUT2D eigenvalue weighted by Crippen LogP contribution is 2.22. The maximum absolute atomic E-state index is 13.2. The van der Waals surface area contributed by atoms with Crippen LogP contribution in [0.4, 0.5) is 0 Å². The Bertz CT molecular complexity index is 943. The largest absolute Gasteiger partial charge is 0.333 e. The van der Waals surface area contributed by atoms with Gasteiger partial charge < -0.3 is 4.90 Å². The summed E-state index contributed by atoms with van der Waals surface area (Å²) >= 11 is 0. The third kappa shape index (κ3) is 4.45. The Balaban J connectivity index is 1.48. The molecular weight excluding hydrogens is 372 g/mol. The molecule has 1 saturated heterocycles. The van der Waals surface area contributed by atoms with E-state index in [-0.39, 0.29) is 23.5 Å². The van der Waals surface area contributed by atoms with Crippen LogP contribution in [0.2, 0.25) is 0 Å². The number of carbonyl (C=O) groups is 1. The van der Waals surface area contributed by atoms with Crippen molar-refractivity contribution in [1.29, 1.82) is 0 Å². The second-order valence-corrected chi connectivity index (χ2v) is 10.0. The lowest BCUT2D eigenvalue weighted by Crippen LogP contribution is -2.46. The summed E-state index contributed by atoms with van der Waals surface area (Å²) in [7, 11) is -3.05. The zero-order valence-electron chi connectivity index (χ0n) is 16.0. The fraction of sp³-hybridized carbons (Fsp3) is 0.409. The molecule has 0 radical (unpaired) electrons. The van der Waals surface area contributed by atoms with Gasteiger partial charge in [0, 0.05) is 25.7 Å². The molecule has 0 spiro atoms. The van der Waals surface area contributed by atoms with Crippen LogP contribution in [0, 0.1) is 0 Å². The third-order valence-electron chi connectivity index (χ3n) is 5.73. The number of hydrogen-bond acceptors (Lipinski definition) is 4. The summed E-state index contributed by atoms with van der Waals surface area (Å²) in [4.78, 5) is 17.2. The van der Waals surface area contributed by atoms with Crippen LogP contribution in [0.25, 0.3) is 0 Å². The number of rotatable bonds is 5. The molecule has 0 aliphatic carbocycles. The molecule has 2 aromatic rings. The van der Waals surface area contributed by atoms with Gasteiger partial charge in [-0.1, -0.05) is 54.6 Å². The SMILES string of the molecule is O=C(CN1CCc2ccccc2C1)N(Cc1ccccc1)[C@H]1CCS(=O)(=O)C1. The predicted molar refractivity (Wildman–Crippen MR) is 109 cm³/mol. The number of sulfone groups is 1. The molecule has 2 aliphatic rings. The molecule has 2 aromatic carbocycles. The molecule has 6 heteroatoms. The molecule has 148 valence electrons. The van der Waals surface area contributed by atoms with Gasteiger partial charge in [-0.25, -0.2) is 8.42 Å². The van der Waals surface area contributed by atoms with Crippen LogP contribution < -0.4 is 0 Å². The highest BCUT2D eigenvalue weighted by molar-refractivity contribution is 7.91. The van der Waals surface area contributed by atoms with Crippen molar-refractivity contribution in [1.82, 2.24) is 9.80 Å². The van der Waals surface area contributed by atoms with E-state index < -0.39 is 9.84 Å². The third-order valence-corrected chi connectivity index (χ3v) is 7.48. The van der Waals surface area contributed by atoms with E-state index in [0.29, 0.717) is 19.5 Å². The highest BCUT2D eigenvalue weighted by atomic mass is 32.2. The van der Waals surface area contributed by atoms with Crippen molar-refractivity contribution in [2.24, 2.45) is 0 Å². The lowest BCUT2D eigenvalue weighted by atomic mass is 10.00. The molecule has 28 heavy (non-hydrogen) atoms. The van der Waals surface area contributed by atoms with Crippen LogP contribution in [-0.2, 0) is 34.1 Å². The molecule has 5 nitrogen and oxygen atoms in total. The molecule has 1 amide bonds. The average molecular weight is 399 g/mol. The zero-order valence-corrected chi connectivity index (χ0v) is 16.8. The molecule has 0 unspecified atom stereocenters. The van der Waals surface area contributed by atoms with E-state index in [1.807, 2.05) is 36.4 Å². The van der Waals surface area contributed by atoms with E-state index in [2.05, 4.69) is 23.1 Å². The fourth-order valence-corrected chi connectivity index (χ4v) is 5.92. The number of carbonyl (C=O) groups excluding carboxylic acids is 1. The van der Waals surface area contributed by atoms with Gasteiger partial charge in [0.05, 0.1) is 18.1 Å². The van der Waals surface area contributed by atoms with E-state index in [9.17, 15) is 13.2 Å². The topological polar surface area (TPSA) is 57.7 Å². The maximum atomic E-state index is 13.2. The first-order valence-electron chi connectivity index (χ1n) is 9.83. The van der Waals surface area contributed by atoms with Gasteiger partial charge in [-0.2, -0.15) is 0 Å². The molecule has 2 aliphatic heterocycles. The van der Waals surface area contributed by atoms with Crippen molar-refractivity contribution in [3.05, 3.63) is 71.3 Å². The van der Waals surface area contributed by atoms with Crippen LogP contribution in [0.3, 0.4) is 0 Å². The molecule has 0 aromatic heterocycles. The van der Waals surface area contributed by atoms with Gasteiger partial charge in [0.2, 0.25) is 5.91 Å². The molecule has 4 rings (SSSR count). The summed E-state index contributed by atoms with van der Waals surface area (Å²) in [5.74, 6) is 0.271. The Hall–Kier alpha value is -2.18. The second-order valence-electron chi connectivity index (χ2n) is 7.79. The first-order chi connectivity index (χ1) is 13.5. The van der Waals surface area contributed by atoms with Gasteiger partial charge in [0.15, 0.2) is 9.84 Å². The van der Waals surface area contributed by atoms with E-state index in [4.69, 9.17) is 0 Å². The lowest BCUT2D eigenvalue weighted by Gasteiger charge is -2.33. The highest BCUT2D eigenvalue weighted by Gasteiger charge is 2.35. The predicted octanol–water partition coefficient (Wildman–Crippen LogP) is 2.26. The van der Waals surface area contributed by atoms with Gasteiger partial charge in [0.25, 0.3) is 0 Å². The van der Waals surface area contributed by atoms with Crippen molar-refractivity contribution in [2.45, 2.75) is 32.0 Å². The van der Waals surface area contributed by atoms with Gasteiger partial charge in [-0.15, -0.1) is 0 Å². The first-order valence-corrected chi connectivity index (χ1v) is 11.7.